The lowest BCUT2D eigenvalue weighted by Gasteiger charge is -2.27. The Kier molecular flexibility index (Phi) is 5.06. The highest BCUT2D eigenvalue weighted by molar-refractivity contribution is 7.14. The second-order valence-electron chi connectivity index (χ2n) is 7.10. The van der Waals surface area contributed by atoms with Crippen molar-refractivity contribution >= 4 is 28.3 Å². The largest absolute Gasteiger partial charge is 0.463 e. The highest BCUT2D eigenvalue weighted by Crippen LogP contribution is 2.30. The third kappa shape index (κ3) is 3.67. The second-order valence-corrected chi connectivity index (χ2v) is 7.96. The summed E-state index contributed by atoms with van der Waals surface area (Å²) in [5, 5.41) is 5.27. The molecule has 0 radical (unpaired) electrons. The summed E-state index contributed by atoms with van der Waals surface area (Å²) in [5.74, 6) is 0.390. The Hall–Kier alpha value is -2.15. The predicted octanol–water partition coefficient (Wildman–Crippen LogP) is 3.91. The van der Waals surface area contributed by atoms with Gasteiger partial charge in [0.2, 0.25) is 11.8 Å². The first kappa shape index (κ1) is 17.3. The molecule has 4 rings (SSSR count). The molecule has 2 amide bonds. The average Bonchev–Trinajstić information content (AvgIpc) is 3.34. The van der Waals surface area contributed by atoms with E-state index in [4.69, 9.17) is 4.42 Å². The highest BCUT2D eigenvalue weighted by Gasteiger charge is 2.38. The molecule has 2 aromatic rings. The third-order valence-electron chi connectivity index (χ3n) is 5.30. The molecule has 1 atom stereocenters. The zero-order chi connectivity index (χ0) is 17.9. The van der Waals surface area contributed by atoms with Gasteiger partial charge >= 0.3 is 0 Å². The highest BCUT2D eigenvalue weighted by atomic mass is 32.1. The molecule has 3 heterocycles. The molecule has 7 heteroatoms. The number of carbonyl (C=O) groups excluding carboxylic acids is 2. The number of thiazole rings is 1. The molecule has 1 saturated carbocycles. The van der Waals surface area contributed by atoms with E-state index in [9.17, 15) is 9.59 Å². The Morgan fingerprint density at radius 1 is 1.27 bits per heavy atom. The van der Waals surface area contributed by atoms with Crippen molar-refractivity contribution in [3.63, 3.8) is 0 Å². The van der Waals surface area contributed by atoms with Gasteiger partial charge in [0.1, 0.15) is 5.69 Å². The van der Waals surface area contributed by atoms with Crippen LogP contribution < -0.4 is 5.32 Å². The van der Waals surface area contributed by atoms with Gasteiger partial charge in [0.25, 0.3) is 0 Å². The number of aromatic nitrogens is 1. The molecule has 26 heavy (non-hydrogen) atoms. The second kappa shape index (κ2) is 7.61. The minimum Gasteiger partial charge on any atom is -0.463 e. The molecule has 0 unspecified atom stereocenters. The topological polar surface area (TPSA) is 75.4 Å². The molecule has 0 spiro atoms. The van der Waals surface area contributed by atoms with Crippen molar-refractivity contribution in [3.05, 3.63) is 23.8 Å². The van der Waals surface area contributed by atoms with E-state index in [1.165, 1.54) is 37.0 Å². The number of nitrogens with one attached hydrogen (secondary N) is 1. The summed E-state index contributed by atoms with van der Waals surface area (Å²) in [4.78, 5) is 31.4. The summed E-state index contributed by atoms with van der Waals surface area (Å²) < 4.78 is 5.32. The molecule has 0 aromatic carbocycles. The maximum Gasteiger partial charge on any atom is 0.231 e. The van der Waals surface area contributed by atoms with Gasteiger partial charge in [-0.2, -0.15) is 0 Å². The van der Waals surface area contributed by atoms with Crippen LogP contribution in [0.2, 0.25) is 0 Å². The molecule has 1 aliphatic heterocycles. The van der Waals surface area contributed by atoms with Crippen LogP contribution in [0.25, 0.3) is 11.5 Å². The standard InChI is InChI=1S/C19H23N3O3S/c23-17-10-13(11-22(17)14-6-3-1-2-4-7-14)18(24)21-19-20-15(12-26-19)16-8-5-9-25-16/h5,8-9,12-14H,1-4,6-7,10-11H2,(H,20,21,24)/t13-/m1/s1. The van der Waals surface area contributed by atoms with E-state index in [1.54, 1.807) is 12.3 Å². The van der Waals surface area contributed by atoms with E-state index in [0.717, 1.165) is 12.8 Å². The predicted molar refractivity (Wildman–Crippen MR) is 99.8 cm³/mol. The number of nitrogens with zero attached hydrogens (tertiary/aromatic N) is 2. The fourth-order valence-corrected chi connectivity index (χ4v) is 4.61. The van der Waals surface area contributed by atoms with Crippen molar-refractivity contribution in [2.75, 3.05) is 11.9 Å². The molecule has 2 aliphatic rings. The smallest absolute Gasteiger partial charge is 0.231 e. The van der Waals surface area contributed by atoms with Gasteiger partial charge in [-0.05, 0) is 25.0 Å². The van der Waals surface area contributed by atoms with Crippen LogP contribution in [0, 0.1) is 5.92 Å². The summed E-state index contributed by atoms with van der Waals surface area (Å²) in [5.41, 5.74) is 0.706. The first-order valence-corrected chi connectivity index (χ1v) is 10.2. The Balaban J connectivity index is 1.37. The number of rotatable bonds is 4. The van der Waals surface area contributed by atoms with Crippen LogP contribution >= 0.6 is 11.3 Å². The number of hydrogen-bond donors (Lipinski definition) is 1. The average molecular weight is 373 g/mol. The van der Waals surface area contributed by atoms with Crippen molar-refractivity contribution in [2.45, 2.75) is 51.0 Å². The molecule has 2 fully saturated rings. The van der Waals surface area contributed by atoms with Crippen molar-refractivity contribution < 1.29 is 14.0 Å². The Morgan fingerprint density at radius 3 is 2.81 bits per heavy atom. The lowest BCUT2D eigenvalue weighted by molar-refractivity contribution is -0.130. The van der Waals surface area contributed by atoms with Crippen molar-refractivity contribution in [3.8, 4) is 11.5 Å². The molecule has 138 valence electrons. The zero-order valence-corrected chi connectivity index (χ0v) is 15.5. The van der Waals surface area contributed by atoms with Crippen LogP contribution in [0.3, 0.4) is 0 Å². The van der Waals surface area contributed by atoms with Crippen molar-refractivity contribution in [2.24, 2.45) is 5.92 Å². The quantitative estimate of drug-likeness (QED) is 0.825. The maximum atomic E-state index is 12.6. The van der Waals surface area contributed by atoms with Crippen LogP contribution in [-0.4, -0.2) is 34.3 Å². The van der Waals surface area contributed by atoms with E-state index < -0.39 is 0 Å². The fourth-order valence-electron chi connectivity index (χ4n) is 3.91. The maximum absolute atomic E-state index is 12.6. The molecular weight excluding hydrogens is 350 g/mol. The summed E-state index contributed by atoms with van der Waals surface area (Å²) in [6.45, 7) is 0.533. The summed E-state index contributed by atoms with van der Waals surface area (Å²) in [6.07, 6.45) is 8.91. The van der Waals surface area contributed by atoms with Crippen LogP contribution in [0.1, 0.15) is 44.9 Å². The van der Waals surface area contributed by atoms with Gasteiger partial charge < -0.3 is 14.6 Å². The number of furan rings is 1. The fraction of sp³-hybridized carbons (Fsp3) is 0.526. The van der Waals surface area contributed by atoms with Gasteiger partial charge in [-0.1, -0.05) is 25.7 Å². The number of amides is 2. The number of likely N-dealkylation sites (tertiary alicyclic amines) is 1. The minimum absolute atomic E-state index is 0.116. The summed E-state index contributed by atoms with van der Waals surface area (Å²) in [6, 6.07) is 3.95. The van der Waals surface area contributed by atoms with Crippen LogP contribution in [0.4, 0.5) is 5.13 Å². The Labute approximate surface area is 156 Å². The molecule has 2 aromatic heterocycles. The minimum atomic E-state index is -0.290. The molecule has 6 nitrogen and oxygen atoms in total. The van der Waals surface area contributed by atoms with Gasteiger partial charge in [0, 0.05) is 24.4 Å². The molecule has 0 bridgehead atoms. The first-order chi connectivity index (χ1) is 12.7. The van der Waals surface area contributed by atoms with Crippen LogP contribution in [0.5, 0.6) is 0 Å². The lowest BCUT2D eigenvalue weighted by Crippen LogP contribution is -2.37. The van der Waals surface area contributed by atoms with E-state index >= 15 is 0 Å². The Morgan fingerprint density at radius 2 is 2.08 bits per heavy atom. The van der Waals surface area contributed by atoms with Gasteiger partial charge in [0.05, 0.1) is 12.2 Å². The molecular formula is C19H23N3O3S. The lowest BCUT2D eigenvalue weighted by atomic mass is 10.1. The van der Waals surface area contributed by atoms with Crippen LogP contribution in [-0.2, 0) is 9.59 Å². The summed E-state index contributed by atoms with van der Waals surface area (Å²) in [7, 11) is 0. The molecule has 1 saturated heterocycles. The van der Waals surface area contributed by atoms with Gasteiger partial charge in [-0.15, -0.1) is 11.3 Å². The SMILES string of the molecule is O=C(Nc1nc(-c2ccco2)cs1)[C@@H]1CC(=O)N(C2CCCCCC2)C1. The number of carbonyl (C=O) groups is 2. The van der Waals surface area contributed by atoms with Gasteiger partial charge in [-0.25, -0.2) is 4.98 Å². The van der Waals surface area contributed by atoms with Crippen molar-refractivity contribution in [1.29, 1.82) is 0 Å². The first-order valence-electron chi connectivity index (χ1n) is 9.30. The van der Waals surface area contributed by atoms with E-state index in [1.807, 2.05) is 16.3 Å². The molecule has 1 aliphatic carbocycles. The third-order valence-corrected chi connectivity index (χ3v) is 6.06. The van der Waals surface area contributed by atoms with Crippen molar-refractivity contribution in [1.82, 2.24) is 9.88 Å². The molecule has 1 N–H and O–H groups in total. The monoisotopic (exact) mass is 373 g/mol. The summed E-state index contributed by atoms with van der Waals surface area (Å²) >= 11 is 1.37. The zero-order valence-electron chi connectivity index (χ0n) is 14.6. The Bertz CT molecular complexity index is 763. The van der Waals surface area contributed by atoms with E-state index in [-0.39, 0.29) is 17.7 Å². The van der Waals surface area contributed by atoms with E-state index in [2.05, 4.69) is 10.3 Å². The van der Waals surface area contributed by atoms with Gasteiger partial charge in [0.15, 0.2) is 10.9 Å². The number of anilines is 1. The van der Waals surface area contributed by atoms with Gasteiger partial charge in [-0.3, -0.25) is 9.59 Å². The van der Waals surface area contributed by atoms with E-state index in [0.29, 0.717) is 35.6 Å². The van der Waals surface area contributed by atoms with Crippen LogP contribution in [0.15, 0.2) is 28.2 Å². The normalized spacial score (nSPS) is 21.8. The number of hydrogen-bond acceptors (Lipinski definition) is 5.